The second-order valence-corrected chi connectivity index (χ2v) is 8.13. The van der Waals surface area contributed by atoms with Gasteiger partial charge in [0.1, 0.15) is 6.61 Å². The van der Waals surface area contributed by atoms with Crippen LogP contribution in [-0.2, 0) is 9.09 Å². The van der Waals surface area contributed by atoms with Gasteiger partial charge in [0.05, 0.1) is 0 Å². The summed E-state index contributed by atoms with van der Waals surface area (Å²) in [7, 11) is 2.42. The molecule has 1 N–H and O–H groups in total. The van der Waals surface area contributed by atoms with Crippen LogP contribution in [-0.4, -0.2) is 38.7 Å². The van der Waals surface area contributed by atoms with Crippen LogP contribution >= 0.6 is 8.18 Å². The molecule has 0 rings (SSSR count). The molecule has 1 unspecified atom stereocenters. The minimum atomic E-state index is -1.67. The van der Waals surface area contributed by atoms with Crippen molar-refractivity contribution in [3.8, 4) is 0 Å². The maximum absolute atomic E-state index is 11.6. The highest BCUT2D eigenvalue weighted by atomic mass is 31.1. The Labute approximate surface area is 152 Å². The summed E-state index contributed by atoms with van der Waals surface area (Å²) in [5.74, 6) is 0. The molecule has 0 aliphatic heterocycles. The van der Waals surface area contributed by atoms with Gasteiger partial charge in [-0.2, -0.15) is 0 Å². The summed E-state index contributed by atoms with van der Waals surface area (Å²) in [6.07, 6.45) is 17.0. The van der Waals surface area contributed by atoms with Crippen molar-refractivity contribution in [3.05, 3.63) is 0 Å². The molecule has 0 saturated carbocycles. The lowest BCUT2D eigenvalue weighted by molar-refractivity contribution is 0.308. The SMILES string of the molecule is CCCCCCCCCCCCCCO[P+](=O)NCCCN(C)C. The Kier molecular flexibility index (Phi) is 19.3. The predicted molar refractivity (Wildman–Crippen MR) is 106 cm³/mol. The van der Waals surface area contributed by atoms with E-state index in [0.29, 0.717) is 6.61 Å². The molecule has 4 nitrogen and oxygen atoms in total. The van der Waals surface area contributed by atoms with Gasteiger partial charge in [0.15, 0.2) is 0 Å². The maximum atomic E-state index is 11.6. The van der Waals surface area contributed by atoms with Crippen LogP contribution in [0.15, 0.2) is 0 Å². The lowest BCUT2D eigenvalue weighted by Gasteiger charge is -2.06. The van der Waals surface area contributed by atoms with E-state index in [0.717, 1.165) is 25.9 Å². The molecule has 0 heterocycles. The standard InChI is InChI=1S/C19H42N2O2P/c1-4-5-6-7-8-9-10-11-12-13-14-15-19-23-24(22)20-17-16-18-21(2)3/h4-19H2,1-3H3,(H,20,22)/q+1. The van der Waals surface area contributed by atoms with Crippen molar-refractivity contribution in [1.29, 1.82) is 0 Å². The third kappa shape index (κ3) is 20.0. The Morgan fingerprint density at radius 3 is 1.79 bits per heavy atom. The minimum absolute atomic E-state index is 0.618. The average molecular weight is 362 g/mol. The lowest BCUT2D eigenvalue weighted by atomic mass is 10.1. The minimum Gasteiger partial charge on any atom is -0.309 e. The van der Waals surface area contributed by atoms with Crippen LogP contribution in [0.1, 0.15) is 90.4 Å². The van der Waals surface area contributed by atoms with Gasteiger partial charge < -0.3 is 4.90 Å². The van der Waals surface area contributed by atoms with Gasteiger partial charge in [-0.25, -0.2) is 0 Å². The molecule has 0 spiro atoms. The van der Waals surface area contributed by atoms with E-state index in [2.05, 4.69) is 16.9 Å². The predicted octanol–water partition coefficient (Wildman–Crippen LogP) is 5.90. The third-order valence-corrected chi connectivity index (χ3v) is 5.13. The first-order valence-corrected chi connectivity index (χ1v) is 11.3. The molecular weight excluding hydrogens is 319 g/mol. The van der Waals surface area contributed by atoms with Gasteiger partial charge in [-0.1, -0.05) is 82.6 Å². The molecule has 5 heteroatoms. The molecule has 0 radical (unpaired) electrons. The van der Waals surface area contributed by atoms with Crippen LogP contribution in [0.25, 0.3) is 0 Å². The molecule has 1 atom stereocenters. The number of rotatable bonds is 19. The van der Waals surface area contributed by atoms with E-state index in [1.165, 1.54) is 70.6 Å². The van der Waals surface area contributed by atoms with E-state index >= 15 is 0 Å². The lowest BCUT2D eigenvalue weighted by Crippen LogP contribution is -2.17. The zero-order valence-corrected chi connectivity index (χ0v) is 17.4. The summed E-state index contributed by atoms with van der Waals surface area (Å²) < 4.78 is 16.9. The number of nitrogens with one attached hydrogen (secondary N) is 1. The highest BCUT2D eigenvalue weighted by molar-refractivity contribution is 7.36. The molecule has 0 saturated heterocycles. The molecule has 0 fully saturated rings. The molecule has 0 aromatic heterocycles. The first-order valence-electron chi connectivity index (χ1n) is 10.1. The monoisotopic (exact) mass is 361 g/mol. The number of hydrogen-bond acceptors (Lipinski definition) is 3. The van der Waals surface area contributed by atoms with Crippen molar-refractivity contribution in [2.45, 2.75) is 90.4 Å². The van der Waals surface area contributed by atoms with Crippen molar-refractivity contribution in [2.75, 3.05) is 33.8 Å². The molecule has 0 aromatic carbocycles. The summed E-state index contributed by atoms with van der Waals surface area (Å²) in [6.45, 7) is 4.65. The van der Waals surface area contributed by atoms with Gasteiger partial charge in [0.25, 0.3) is 0 Å². The fourth-order valence-electron chi connectivity index (χ4n) is 2.70. The normalized spacial score (nSPS) is 12.1. The van der Waals surface area contributed by atoms with Gasteiger partial charge in [-0.05, 0) is 38.0 Å². The smallest absolute Gasteiger partial charge is 0.309 e. The average Bonchev–Trinajstić information content (AvgIpc) is 2.55. The van der Waals surface area contributed by atoms with Crippen LogP contribution < -0.4 is 5.09 Å². The number of hydrogen-bond donors (Lipinski definition) is 1. The van der Waals surface area contributed by atoms with E-state index in [4.69, 9.17) is 4.52 Å². The second kappa shape index (κ2) is 19.3. The Morgan fingerprint density at radius 2 is 1.29 bits per heavy atom. The maximum Gasteiger partial charge on any atom is 0.612 e. The summed E-state index contributed by atoms with van der Waals surface area (Å²) in [4.78, 5) is 2.13. The largest absolute Gasteiger partial charge is 0.612 e. The summed E-state index contributed by atoms with van der Waals surface area (Å²) in [6, 6.07) is 0. The van der Waals surface area contributed by atoms with Gasteiger partial charge in [-0.3, -0.25) is 0 Å². The highest BCUT2D eigenvalue weighted by Crippen LogP contribution is 2.17. The second-order valence-electron chi connectivity index (χ2n) is 7.04. The summed E-state index contributed by atoms with van der Waals surface area (Å²) in [5, 5.41) is 2.94. The molecule has 0 aromatic rings. The molecule has 24 heavy (non-hydrogen) atoms. The van der Waals surface area contributed by atoms with Gasteiger partial charge in [0, 0.05) is 6.54 Å². The first kappa shape index (κ1) is 24.0. The van der Waals surface area contributed by atoms with Crippen molar-refractivity contribution in [1.82, 2.24) is 9.99 Å². The molecule has 0 amide bonds. The quantitative estimate of drug-likeness (QED) is 0.230. The van der Waals surface area contributed by atoms with E-state index in [1.54, 1.807) is 0 Å². The molecule has 144 valence electrons. The van der Waals surface area contributed by atoms with E-state index in [-0.39, 0.29) is 0 Å². The van der Waals surface area contributed by atoms with Gasteiger partial charge >= 0.3 is 8.18 Å². The van der Waals surface area contributed by atoms with Gasteiger partial charge in [0.2, 0.25) is 0 Å². The first-order chi connectivity index (χ1) is 11.7. The Balaban J connectivity index is 3.12. The molecule has 0 bridgehead atoms. The van der Waals surface area contributed by atoms with Gasteiger partial charge in [-0.15, -0.1) is 4.52 Å². The van der Waals surface area contributed by atoms with Crippen molar-refractivity contribution < 1.29 is 9.09 Å². The van der Waals surface area contributed by atoms with Crippen LogP contribution in [0.2, 0.25) is 0 Å². The zero-order chi connectivity index (χ0) is 17.9. The Bertz CT molecular complexity index is 276. The topological polar surface area (TPSA) is 41.6 Å². The summed E-state index contributed by atoms with van der Waals surface area (Å²) in [5.41, 5.74) is 0. The van der Waals surface area contributed by atoms with Crippen LogP contribution in [0.5, 0.6) is 0 Å². The van der Waals surface area contributed by atoms with Crippen LogP contribution in [0.4, 0.5) is 0 Å². The fraction of sp³-hybridized carbons (Fsp3) is 1.00. The van der Waals surface area contributed by atoms with E-state index in [1.807, 2.05) is 14.1 Å². The van der Waals surface area contributed by atoms with Crippen molar-refractivity contribution >= 4 is 8.18 Å². The molecular formula is C19H42N2O2P+. The Hall–Kier alpha value is -0.0200. The number of unbranched alkanes of at least 4 members (excludes halogenated alkanes) is 11. The highest BCUT2D eigenvalue weighted by Gasteiger charge is 2.15. The fourth-order valence-corrected chi connectivity index (χ4v) is 3.43. The van der Waals surface area contributed by atoms with Crippen LogP contribution in [0, 0.1) is 0 Å². The molecule has 0 aliphatic rings. The third-order valence-electron chi connectivity index (χ3n) is 4.23. The van der Waals surface area contributed by atoms with E-state index < -0.39 is 8.18 Å². The summed E-state index contributed by atoms with van der Waals surface area (Å²) >= 11 is 0. The van der Waals surface area contributed by atoms with Crippen LogP contribution in [0.3, 0.4) is 0 Å². The number of nitrogens with zero attached hydrogens (tertiary/aromatic N) is 1. The Morgan fingerprint density at radius 1 is 0.792 bits per heavy atom. The van der Waals surface area contributed by atoms with Crippen molar-refractivity contribution in [3.63, 3.8) is 0 Å². The molecule has 0 aliphatic carbocycles. The van der Waals surface area contributed by atoms with E-state index in [9.17, 15) is 4.57 Å². The zero-order valence-electron chi connectivity index (χ0n) is 16.5. The van der Waals surface area contributed by atoms with Crippen molar-refractivity contribution in [2.24, 2.45) is 0 Å².